The molecular weight excluding hydrogens is 231 g/mol. The Hall–Kier alpha value is -0.700. The van der Waals surface area contributed by atoms with Crippen molar-refractivity contribution in [1.82, 2.24) is 4.98 Å². The second kappa shape index (κ2) is 4.05. The lowest BCUT2D eigenvalue weighted by atomic mass is 10.1. The molecule has 80 valence electrons. The Morgan fingerprint density at radius 1 is 1.33 bits per heavy atom. The maximum absolute atomic E-state index is 6.08. The molecule has 3 N–H and O–H groups in total. The van der Waals surface area contributed by atoms with Crippen LogP contribution in [0.25, 0.3) is 10.9 Å². The normalized spacial score (nSPS) is 13.3. The molecule has 0 spiro atoms. The van der Waals surface area contributed by atoms with Crippen LogP contribution in [0.1, 0.15) is 18.5 Å². The fraction of sp³-hybridized carbons (Fsp3) is 0.273. The molecule has 0 aliphatic heterocycles. The largest absolute Gasteiger partial charge is 0.357 e. The molecule has 1 unspecified atom stereocenters. The van der Waals surface area contributed by atoms with Gasteiger partial charge in [0.25, 0.3) is 0 Å². The molecule has 2 aromatic rings. The van der Waals surface area contributed by atoms with Crippen molar-refractivity contribution in [3.05, 3.63) is 33.9 Å². The molecule has 1 aromatic carbocycles. The highest BCUT2D eigenvalue weighted by atomic mass is 35.5. The van der Waals surface area contributed by atoms with E-state index in [0.29, 0.717) is 16.6 Å². The van der Waals surface area contributed by atoms with Crippen molar-refractivity contribution in [3.8, 4) is 0 Å². The standard InChI is InChI=1S/C11H12Cl2N2/c1-6(5-14)10-4-7-8(12)2-3-9(13)11(7)15-10/h2-4,6,15H,5,14H2,1H3. The predicted octanol–water partition coefficient (Wildman–Crippen LogP) is 3.54. The van der Waals surface area contributed by atoms with E-state index >= 15 is 0 Å². The van der Waals surface area contributed by atoms with Gasteiger partial charge < -0.3 is 10.7 Å². The summed E-state index contributed by atoms with van der Waals surface area (Å²) in [6.07, 6.45) is 0. The first-order valence-electron chi connectivity index (χ1n) is 4.80. The van der Waals surface area contributed by atoms with Crippen LogP contribution in [-0.4, -0.2) is 11.5 Å². The number of hydrogen-bond acceptors (Lipinski definition) is 1. The minimum atomic E-state index is 0.282. The minimum absolute atomic E-state index is 0.282. The zero-order valence-corrected chi connectivity index (χ0v) is 9.86. The summed E-state index contributed by atoms with van der Waals surface area (Å²) in [5.41, 5.74) is 7.58. The molecule has 1 aromatic heterocycles. The van der Waals surface area contributed by atoms with Gasteiger partial charge in [0.1, 0.15) is 0 Å². The van der Waals surface area contributed by atoms with E-state index in [9.17, 15) is 0 Å². The molecule has 1 atom stereocenters. The van der Waals surface area contributed by atoms with Crippen LogP contribution in [-0.2, 0) is 0 Å². The molecule has 2 rings (SSSR count). The smallest absolute Gasteiger partial charge is 0.0660 e. The van der Waals surface area contributed by atoms with E-state index in [1.165, 1.54) is 0 Å². The number of aromatic nitrogens is 1. The van der Waals surface area contributed by atoms with Gasteiger partial charge in [-0.15, -0.1) is 0 Å². The Morgan fingerprint density at radius 3 is 2.60 bits per heavy atom. The summed E-state index contributed by atoms with van der Waals surface area (Å²) in [5, 5.41) is 2.35. The van der Waals surface area contributed by atoms with Crippen LogP contribution >= 0.6 is 23.2 Å². The van der Waals surface area contributed by atoms with Crippen molar-refractivity contribution in [3.63, 3.8) is 0 Å². The Bertz CT molecular complexity index is 452. The zero-order valence-electron chi connectivity index (χ0n) is 8.35. The van der Waals surface area contributed by atoms with Gasteiger partial charge in [-0.2, -0.15) is 0 Å². The third-order valence-corrected chi connectivity index (χ3v) is 3.24. The molecule has 0 saturated carbocycles. The van der Waals surface area contributed by atoms with E-state index in [-0.39, 0.29) is 5.92 Å². The predicted molar refractivity (Wildman–Crippen MR) is 65.8 cm³/mol. The maximum Gasteiger partial charge on any atom is 0.0660 e. The van der Waals surface area contributed by atoms with Crippen molar-refractivity contribution in [1.29, 1.82) is 0 Å². The van der Waals surface area contributed by atoms with E-state index < -0.39 is 0 Å². The Labute approximate surface area is 98.4 Å². The van der Waals surface area contributed by atoms with E-state index in [1.807, 2.05) is 6.07 Å². The van der Waals surface area contributed by atoms with Crippen LogP contribution in [0.4, 0.5) is 0 Å². The van der Waals surface area contributed by atoms with E-state index in [0.717, 1.165) is 16.6 Å². The van der Waals surface area contributed by atoms with Gasteiger partial charge in [-0.1, -0.05) is 30.1 Å². The molecule has 4 heteroatoms. The highest BCUT2D eigenvalue weighted by Crippen LogP contribution is 2.31. The zero-order chi connectivity index (χ0) is 11.0. The molecule has 15 heavy (non-hydrogen) atoms. The van der Waals surface area contributed by atoms with E-state index in [2.05, 4.69) is 11.9 Å². The van der Waals surface area contributed by atoms with Crippen LogP contribution in [0.5, 0.6) is 0 Å². The lowest BCUT2D eigenvalue weighted by Crippen LogP contribution is -2.08. The quantitative estimate of drug-likeness (QED) is 0.832. The second-order valence-corrected chi connectivity index (χ2v) is 4.49. The van der Waals surface area contributed by atoms with E-state index in [4.69, 9.17) is 28.9 Å². The number of rotatable bonds is 2. The molecule has 0 aliphatic carbocycles. The summed E-state index contributed by atoms with van der Waals surface area (Å²) in [7, 11) is 0. The number of aromatic amines is 1. The topological polar surface area (TPSA) is 41.8 Å². The molecular formula is C11H12Cl2N2. The van der Waals surface area contributed by atoms with Crippen molar-refractivity contribution in [2.24, 2.45) is 5.73 Å². The van der Waals surface area contributed by atoms with Gasteiger partial charge in [-0.05, 0) is 18.2 Å². The molecule has 0 radical (unpaired) electrons. The monoisotopic (exact) mass is 242 g/mol. The SMILES string of the molecule is CC(CN)c1cc2c(Cl)ccc(Cl)c2[nH]1. The number of nitrogens with one attached hydrogen (secondary N) is 1. The first-order chi connectivity index (χ1) is 7.13. The summed E-state index contributed by atoms with van der Waals surface area (Å²) < 4.78 is 0. The van der Waals surface area contributed by atoms with E-state index in [1.54, 1.807) is 12.1 Å². The highest BCUT2D eigenvalue weighted by Gasteiger charge is 2.11. The number of hydrogen-bond donors (Lipinski definition) is 2. The third kappa shape index (κ3) is 1.85. The summed E-state index contributed by atoms with van der Waals surface area (Å²) in [4.78, 5) is 3.26. The first kappa shape index (κ1) is 10.8. The number of fused-ring (bicyclic) bond motifs is 1. The molecule has 0 bridgehead atoms. The van der Waals surface area contributed by atoms with Crippen molar-refractivity contribution in [2.75, 3.05) is 6.54 Å². The Kier molecular flexibility index (Phi) is 2.91. The maximum atomic E-state index is 6.08. The summed E-state index contributed by atoms with van der Waals surface area (Å²) in [5.74, 6) is 0.282. The number of nitrogens with two attached hydrogens (primary N) is 1. The number of halogens is 2. The van der Waals surface area contributed by atoms with Gasteiger partial charge in [0.2, 0.25) is 0 Å². The van der Waals surface area contributed by atoms with Crippen LogP contribution in [0, 0.1) is 0 Å². The second-order valence-electron chi connectivity index (χ2n) is 3.68. The molecule has 0 aliphatic rings. The van der Waals surface area contributed by atoms with Gasteiger partial charge in [0.05, 0.1) is 15.6 Å². The number of H-pyrrole nitrogens is 1. The van der Waals surface area contributed by atoms with Crippen molar-refractivity contribution >= 4 is 34.1 Å². The van der Waals surface area contributed by atoms with Crippen LogP contribution in [0.15, 0.2) is 18.2 Å². The van der Waals surface area contributed by atoms with Crippen molar-refractivity contribution in [2.45, 2.75) is 12.8 Å². The fourth-order valence-corrected chi connectivity index (χ4v) is 1.99. The Morgan fingerprint density at radius 2 is 2.00 bits per heavy atom. The van der Waals surface area contributed by atoms with Gasteiger partial charge in [-0.3, -0.25) is 0 Å². The molecule has 2 nitrogen and oxygen atoms in total. The lowest BCUT2D eigenvalue weighted by molar-refractivity contribution is 0.754. The molecule has 0 fully saturated rings. The summed E-state index contributed by atoms with van der Waals surface area (Å²) >= 11 is 12.1. The summed E-state index contributed by atoms with van der Waals surface area (Å²) in [6, 6.07) is 5.61. The average Bonchev–Trinajstić information content (AvgIpc) is 2.68. The van der Waals surface area contributed by atoms with Gasteiger partial charge in [-0.25, -0.2) is 0 Å². The lowest BCUT2D eigenvalue weighted by Gasteiger charge is -2.03. The number of benzene rings is 1. The van der Waals surface area contributed by atoms with Crippen LogP contribution in [0.2, 0.25) is 10.0 Å². The van der Waals surface area contributed by atoms with Gasteiger partial charge in [0.15, 0.2) is 0 Å². The molecule has 1 heterocycles. The fourth-order valence-electron chi connectivity index (χ4n) is 1.56. The van der Waals surface area contributed by atoms with Crippen LogP contribution < -0.4 is 5.73 Å². The Balaban J connectivity index is 2.64. The molecule has 0 saturated heterocycles. The van der Waals surface area contributed by atoms with Gasteiger partial charge in [0, 0.05) is 23.5 Å². The van der Waals surface area contributed by atoms with Crippen molar-refractivity contribution < 1.29 is 0 Å². The average molecular weight is 243 g/mol. The first-order valence-corrected chi connectivity index (χ1v) is 5.55. The highest BCUT2D eigenvalue weighted by molar-refractivity contribution is 6.39. The van der Waals surface area contributed by atoms with Gasteiger partial charge >= 0.3 is 0 Å². The summed E-state index contributed by atoms with van der Waals surface area (Å²) in [6.45, 7) is 2.66. The minimum Gasteiger partial charge on any atom is -0.357 e. The molecule has 0 amide bonds. The van der Waals surface area contributed by atoms with Crippen LogP contribution in [0.3, 0.4) is 0 Å². The third-order valence-electron chi connectivity index (χ3n) is 2.60.